The Bertz CT molecular complexity index is 539. The zero-order valence-electron chi connectivity index (χ0n) is 10.1. The van der Waals surface area contributed by atoms with Gasteiger partial charge in [-0.3, -0.25) is 0 Å². The lowest BCUT2D eigenvalue weighted by Gasteiger charge is -2.09. The molecule has 94 valence electrons. The van der Waals surface area contributed by atoms with Gasteiger partial charge in [0.25, 0.3) is 0 Å². The summed E-state index contributed by atoms with van der Waals surface area (Å²) in [6, 6.07) is 9.65. The predicted molar refractivity (Wildman–Crippen MR) is 69.4 cm³/mol. The molecular weight excluding hydrogens is 250 g/mol. The molecule has 7 heteroatoms. The van der Waals surface area contributed by atoms with Crippen LogP contribution in [0.2, 0.25) is 0 Å². The van der Waals surface area contributed by atoms with Gasteiger partial charge in [-0.2, -0.15) is 4.68 Å². The molecule has 0 fully saturated rings. The maximum Gasteiger partial charge on any atom is 0.214 e. The molecule has 1 aromatic heterocycles. The first-order valence-corrected chi connectivity index (χ1v) is 6.29. The lowest BCUT2D eigenvalue weighted by molar-refractivity contribution is 0.317. The molecule has 0 aliphatic carbocycles. The topological polar surface area (TPSA) is 76.2 Å². The summed E-state index contributed by atoms with van der Waals surface area (Å²) < 4.78 is 1.66. The van der Waals surface area contributed by atoms with Gasteiger partial charge in [0.1, 0.15) is 0 Å². The van der Waals surface area contributed by atoms with Gasteiger partial charge >= 0.3 is 0 Å². The van der Waals surface area contributed by atoms with Crippen molar-refractivity contribution >= 4 is 17.5 Å². The van der Waals surface area contributed by atoms with Crippen molar-refractivity contribution in [3.8, 4) is 5.69 Å². The summed E-state index contributed by atoms with van der Waals surface area (Å²) in [6.45, 7) is 3.69. The Balaban J connectivity index is 2.24. The molecule has 0 aliphatic heterocycles. The van der Waals surface area contributed by atoms with Gasteiger partial charge in [-0.25, -0.2) is 0 Å². The highest BCUT2D eigenvalue weighted by Gasteiger charge is 2.15. The molecule has 1 aromatic carbocycles. The molecule has 0 aliphatic rings. The number of thioether (sulfide) groups is 1. The fourth-order valence-electron chi connectivity index (χ4n) is 1.31. The van der Waals surface area contributed by atoms with E-state index in [2.05, 4.69) is 20.7 Å². The highest BCUT2D eigenvalue weighted by atomic mass is 32.2. The van der Waals surface area contributed by atoms with Crippen molar-refractivity contribution in [3.63, 3.8) is 0 Å². The smallest absolute Gasteiger partial charge is 0.214 e. The summed E-state index contributed by atoms with van der Waals surface area (Å²) in [7, 11) is 0. The zero-order chi connectivity index (χ0) is 13.0. The van der Waals surface area contributed by atoms with Crippen LogP contribution >= 0.6 is 11.8 Å². The fraction of sp³-hybridized carbons (Fsp3) is 0.273. The molecule has 2 rings (SSSR count). The minimum absolute atomic E-state index is 0.00321. The number of oxime groups is 1. The van der Waals surface area contributed by atoms with E-state index < -0.39 is 0 Å². The molecule has 0 amide bonds. The first-order valence-electron chi connectivity index (χ1n) is 5.41. The Morgan fingerprint density at radius 1 is 1.39 bits per heavy atom. The van der Waals surface area contributed by atoms with Gasteiger partial charge in [0.05, 0.1) is 16.6 Å². The van der Waals surface area contributed by atoms with Crippen molar-refractivity contribution in [3.05, 3.63) is 30.3 Å². The Morgan fingerprint density at radius 3 is 2.78 bits per heavy atom. The van der Waals surface area contributed by atoms with Crippen molar-refractivity contribution in [1.29, 1.82) is 0 Å². The van der Waals surface area contributed by atoms with Crippen LogP contribution in [0, 0.1) is 0 Å². The third kappa shape index (κ3) is 2.67. The average Bonchev–Trinajstić information content (AvgIpc) is 2.86. The summed E-state index contributed by atoms with van der Waals surface area (Å²) in [5, 5.41) is 24.2. The Labute approximate surface area is 109 Å². The Hall–Kier alpha value is -1.89. The van der Waals surface area contributed by atoms with Gasteiger partial charge in [0.2, 0.25) is 5.16 Å². The largest absolute Gasteiger partial charge is 0.411 e. The highest BCUT2D eigenvalue weighted by Crippen LogP contribution is 2.23. The number of hydrogen-bond acceptors (Lipinski definition) is 6. The molecule has 0 bridgehead atoms. The summed E-state index contributed by atoms with van der Waals surface area (Å²) in [5.41, 5.74) is 1.53. The van der Waals surface area contributed by atoms with Crippen LogP contribution in [0.5, 0.6) is 0 Å². The summed E-state index contributed by atoms with van der Waals surface area (Å²) >= 11 is 1.44. The van der Waals surface area contributed by atoms with Crippen molar-refractivity contribution in [2.45, 2.75) is 24.3 Å². The third-order valence-electron chi connectivity index (χ3n) is 2.47. The second-order valence-electron chi connectivity index (χ2n) is 3.71. The van der Waals surface area contributed by atoms with Crippen molar-refractivity contribution in [2.24, 2.45) is 5.16 Å². The second kappa shape index (κ2) is 5.63. The molecule has 1 unspecified atom stereocenters. The summed E-state index contributed by atoms with van der Waals surface area (Å²) in [4.78, 5) is 0. The maximum atomic E-state index is 8.74. The van der Waals surface area contributed by atoms with E-state index in [-0.39, 0.29) is 5.25 Å². The standard InChI is InChI=1S/C11H13N5OS/c1-8(13-17)9(2)18-11-12-14-15-16(11)10-6-4-3-5-7-10/h3-7,9,17H,1-2H3/b13-8+. The molecule has 1 atom stereocenters. The van der Waals surface area contributed by atoms with E-state index in [9.17, 15) is 0 Å². The van der Waals surface area contributed by atoms with Gasteiger partial charge in [-0.1, -0.05) is 35.1 Å². The van der Waals surface area contributed by atoms with Crippen LogP contribution in [0.25, 0.3) is 5.69 Å². The first-order chi connectivity index (χ1) is 8.72. The molecule has 18 heavy (non-hydrogen) atoms. The average molecular weight is 263 g/mol. The zero-order valence-corrected chi connectivity index (χ0v) is 10.9. The van der Waals surface area contributed by atoms with E-state index in [1.54, 1.807) is 11.6 Å². The van der Waals surface area contributed by atoms with Crippen LogP contribution < -0.4 is 0 Å². The lowest BCUT2D eigenvalue weighted by Crippen LogP contribution is -2.10. The minimum Gasteiger partial charge on any atom is -0.411 e. The van der Waals surface area contributed by atoms with Gasteiger partial charge < -0.3 is 5.21 Å². The van der Waals surface area contributed by atoms with Crippen LogP contribution in [0.4, 0.5) is 0 Å². The third-order valence-corrected chi connectivity index (χ3v) is 3.63. The molecule has 1 heterocycles. The van der Waals surface area contributed by atoms with Gasteiger partial charge in [0.15, 0.2) is 0 Å². The SMILES string of the molecule is C/C(=N\O)C(C)Sc1nnnn1-c1ccccc1. The Kier molecular flexibility index (Phi) is 3.93. The van der Waals surface area contributed by atoms with E-state index in [1.807, 2.05) is 37.3 Å². The van der Waals surface area contributed by atoms with Crippen LogP contribution in [0.1, 0.15) is 13.8 Å². The second-order valence-corrected chi connectivity index (χ2v) is 5.02. The fourth-order valence-corrected chi connectivity index (χ4v) is 2.17. The van der Waals surface area contributed by atoms with Crippen LogP contribution in [-0.2, 0) is 0 Å². The number of aromatic nitrogens is 4. The van der Waals surface area contributed by atoms with E-state index in [0.29, 0.717) is 10.9 Å². The molecular formula is C11H13N5OS. The van der Waals surface area contributed by atoms with E-state index in [0.717, 1.165) is 5.69 Å². The first kappa shape index (κ1) is 12.6. The number of rotatable bonds is 4. The minimum atomic E-state index is 0.00321. The number of para-hydroxylation sites is 1. The molecule has 0 saturated heterocycles. The van der Waals surface area contributed by atoms with Crippen molar-refractivity contribution in [1.82, 2.24) is 20.2 Å². The molecule has 0 saturated carbocycles. The Morgan fingerprint density at radius 2 is 2.11 bits per heavy atom. The maximum absolute atomic E-state index is 8.74. The van der Waals surface area contributed by atoms with Gasteiger partial charge in [-0.15, -0.1) is 5.10 Å². The molecule has 0 spiro atoms. The van der Waals surface area contributed by atoms with Crippen molar-refractivity contribution in [2.75, 3.05) is 0 Å². The molecule has 6 nitrogen and oxygen atoms in total. The van der Waals surface area contributed by atoms with E-state index >= 15 is 0 Å². The van der Waals surface area contributed by atoms with E-state index in [1.165, 1.54) is 11.8 Å². The number of benzene rings is 1. The van der Waals surface area contributed by atoms with Gasteiger partial charge in [0, 0.05) is 0 Å². The number of tetrazole rings is 1. The van der Waals surface area contributed by atoms with E-state index in [4.69, 9.17) is 5.21 Å². The lowest BCUT2D eigenvalue weighted by atomic mass is 10.3. The normalized spacial score (nSPS) is 13.6. The predicted octanol–water partition coefficient (Wildman–Crippen LogP) is 1.99. The van der Waals surface area contributed by atoms with Crippen LogP contribution in [-0.4, -0.2) is 36.4 Å². The number of nitrogens with zero attached hydrogens (tertiary/aromatic N) is 5. The molecule has 1 N–H and O–H groups in total. The number of hydrogen-bond donors (Lipinski definition) is 1. The van der Waals surface area contributed by atoms with Crippen LogP contribution in [0.3, 0.4) is 0 Å². The molecule has 0 radical (unpaired) electrons. The summed E-state index contributed by atoms with van der Waals surface area (Å²) in [6.07, 6.45) is 0. The van der Waals surface area contributed by atoms with Crippen LogP contribution in [0.15, 0.2) is 40.6 Å². The van der Waals surface area contributed by atoms with Gasteiger partial charge in [-0.05, 0) is 36.4 Å². The molecule has 2 aromatic rings. The highest BCUT2D eigenvalue weighted by molar-refractivity contribution is 8.00. The quantitative estimate of drug-likeness (QED) is 0.395. The monoisotopic (exact) mass is 263 g/mol. The summed E-state index contributed by atoms with van der Waals surface area (Å²) in [5.74, 6) is 0. The van der Waals surface area contributed by atoms with Crippen molar-refractivity contribution < 1.29 is 5.21 Å².